The SMILES string of the molecule is COc1ccc(C(O)Cc2cccc(Cl)c2Cl)cc1. The molecule has 2 rings (SSSR count). The third kappa shape index (κ3) is 3.41. The third-order valence-electron chi connectivity index (χ3n) is 2.95. The summed E-state index contributed by atoms with van der Waals surface area (Å²) in [5.41, 5.74) is 1.65. The fourth-order valence-corrected chi connectivity index (χ4v) is 2.26. The fraction of sp³-hybridized carbons (Fsp3) is 0.200. The van der Waals surface area contributed by atoms with Gasteiger partial charge in [-0.1, -0.05) is 47.5 Å². The minimum Gasteiger partial charge on any atom is -0.497 e. The predicted molar refractivity (Wildman–Crippen MR) is 78.1 cm³/mol. The quantitative estimate of drug-likeness (QED) is 0.912. The highest BCUT2D eigenvalue weighted by Gasteiger charge is 2.12. The molecule has 0 saturated heterocycles. The number of halogens is 2. The minimum absolute atomic E-state index is 0.422. The Morgan fingerprint density at radius 1 is 1.11 bits per heavy atom. The first-order chi connectivity index (χ1) is 9.11. The molecule has 0 amide bonds. The Labute approximate surface area is 122 Å². The Bertz CT molecular complexity index is 553. The van der Waals surface area contributed by atoms with Crippen molar-refractivity contribution in [3.63, 3.8) is 0 Å². The van der Waals surface area contributed by atoms with Gasteiger partial charge in [0.25, 0.3) is 0 Å². The lowest BCUT2D eigenvalue weighted by Crippen LogP contribution is -2.02. The van der Waals surface area contributed by atoms with E-state index >= 15 is 0 Å². The Morgan fingerprint density at radius 2 is 1.79 bits per heavy atom. The Morgan fingerprint density at radius 3 is 2.42 bits per heavy atom. The van der Waals surface area contributed by atoms with E-state index in [2.05, 4.69) is 0 Å². The number of methoxy groups -OCH3 is 1. The summed E-state index contributed by atoms with van der Waals surface area (Å²) < 4.78 is 5.08. The summed E-state index contributed by atoms with van der Waals surface area (Å²) >= 11 is 12.1. The lowest BCUT2D eigenvalue weighted by Gasteiger charge is -2.13. The van der Waals surface area contributed by atoms with Crippen LogP contribution in [-0.2, 0) is 6.42 Å². The molecule has 100 valence electrons. The van der Waals surface area contributed by atoms with Crippen LogP contribution in [0.15, 0.2) is 42.5 Å². The number of aliphatic hydroxyl groups is 1. The maximum Gasteiger partial charge on any atom is 0.118 e. The van der Waals surface area contributed by atoms with Gasteiger partial charge in [-0.05, 0) is 29.3 Å². The van der Waals surface area contributed by atoms with Crippen molar-refractivity contribution in [1.29, 1.82) is 0 Å². The van der Waals surface area contributed by atoms with Gasteiger partial charge in [-0.3, -0.25) is 0 Å². The van der Waals surface area contributed by atoms with Crippen LogP contribution in [0.4, 0.5) is 0 Å². The van der Waals surface area contributed by atoms with E-state index in [4.69, 9.17) is 27.9 Å². The zero-order valence-corrected chi connectivity index (χ0v) is 11.9. The first kappa shape index (κ1) is 14.2. The first-order valence-corrected chi connectivity index (χ1v) is 6.62. The summed E-state index contributed by atoms with van der Waals surface area (Å²) in [6.45, 7) is 0. The molecule has 0 heterocycles. The lowest BCUT2D eigenvalue weighted by atomic mass is 10.0. The zero-order chi connectivity index (χ0) is 13.8. The van der Waals surface area contributed by atoms with E-state index in [1.165, 1.54) is 0 Å². The standard InChI is InChI=1S/C15H14Cl2O2/c1-19-12-7-5-10(6-8-12)14(18)9-11-3-2-4-13(16)15(11)17/h2-8,14,18H,9H2,1H3. The van der Waals surface area contributed by atoms with Crippen molar-refractivity contribution in [3.8, 4) is 5.75 Å². The molecule has 0 aliphatic rings. The second-order valence-electron chi connectivity index (χ2n) is 4.21. The summed E-state index contributed by atoms with van der Waals surface area (Å²) in [4.78, 5) is 0. The van der Waals surface area contributed by atoms with Crippen LogP contribution < -0.4 is 4.74 Å². The molecule has 1 atom stereocenters. The van der Waals surface area contributed by atoms with Gasteiger partial charge in [0.05, 0.1) is 23.3 Å². The van der Waals surface area contributed by atoms with Crippen LogP contribution in [0.3, 0.4) is 0 Å². The van der Waals surface area contributed by atoms with E-state index in [1.54, 1.807) is 13.2 Å². The van der Waals surface area contributed by atoms with Crippen molar-refractivity contribution in [2.45, 2.75) is 12.5 Å². The first-order valence-electron chi connectivity index (χ1n) is 5.86. The van der Waals surface area contributed by atoms with Crippen molar-refractivity contribution in [2.75, 3.05) is 7.11 Å². The number of benzene rings is 2. The molecule has 4 heteroatoms. The van der Waals surface area contributed by atoms with E-state index in [9.17, 15) is 5.11 Å². The molecule has 0 aliphatic heterocycles. The van der Waals surface area contributed by atoms with Crippen molar-refractivity contribution in [1.82, 2.24) is 0 Å². The van der Waals surface area contributed by atoms with Gasteiger partial charge < -0.3 is 9.84 Å². The van der Waals surface area contributed by atoms with Crippen molar-refractivity contribution < 1.29 is 9.84 Å². The van der Waals surface area contributed by atoms with Gasteiger partial charge in [-0.2, -0.15) is 0 Å². The molecular formula is C15H14Cl2O2. The maximum absolute atomic E-state index is 10.2. The lowest BCUT2D eigenvalue weighted by molar-refractivity contribution is 0.178. The average Bonchev–Trinajstić information content (AvgIpc) is 2.44. The van der Waals surface area contributed by atoms with Gasteiger partial charge in [0.1, 0.15) is 5.75 Å². The number of hydrogen-bond donors (Lipinski definition) is 1. The molecule has 19 heavy (non-hydrogen) atoms. The van der Waals surface area contributed by atoms with Gasteiger partial charge in [0, 0.05) is 6.42 Å². The van der Waals surface area contributed by atoms with E-state index in [0.717, 1.165) is 16.9 Å². The third-order valence-corrected chi connectivity index (χ3v) is 3.80. The van der Waals surface area contributed by atoms with E-state index < -0.39 is 6.10 Å². The van der Waals surface area contributed by atoms with Crippen LogP contribution in [0.1, 0.15) is 17.2 Å². The Hall–Kier alpha value is -1.22. The number of aliphatic hydroxyl groups excluding tert-OH is 1. The second-order valence-corrected chi connectivity index (χ2v) is 4.99. The van der Waals surface area contributed by atoms with Crippen molar-refractivity contribution in [2.24, 2.45) is 0 Å². The van der Waals surface area contributed by atoms with Crippen LogP contribution >= 0.6 is 23.2 Å². The topological polar surface area (TPSA) is 29.5 Å². The monoisotopic (exact) mass is 296 g/mol. The summed E-state index contributed by atoms with van der Waals surface area (Å²) in [6, 6.07) is 12.7. The normalized spacial score (nSPS) is 12.2. The Balaban J connectivity index is 2.15. The summed E-state index contributed by atoms with van der Waals surface area (Å²) in [7, 11) is 1.61. The second kappa shape index (κ2) is 6.29. The van der Waals surface area contributed by atoms with Crippen molar-refractivity contribution in [3.05, 3.63) is 63.6 Å². The van der Waals surface area contributed by atoms with Crippen LogP contribution in [0.2, 0.25) is 10.0 Å². The van der Waals surface area contributed by atoms with Gasteiger partial charge in [-0.15, -0.1) is 0 Å². The molecule has 0 bridgehead atoms. The van der Waals surface area contributed by atoms with Crippen LogP contribution in [0.25, 0.3) is 0 Å². The minimum atomic E-state index is -0.623. The van der Waals surface area contributed by atoms with Gasteiger partial charge in [0.15, 0.2) is 0 Å². The highest BCUT2D eigenvalue weighted by molar-refractivity contribution is 6.42. The van der Waals surface area contributed by atoms with Gasteiger partial charge >= 0.3 is 0 Å². The molecular weight excluding hydrogens is 283 g/mol. The summed E-state index contributed by atoms with van der Waals surface area (Å²) in [5, 5.41) is 11.2. The number of ether oxygens (including phenoxy) is 1. The predicted octanol–water partition coefficient (Wildman–Crippen LogP) is 4.28. The molecule has 0 aliphatic carbocycles. The van der Waals surface area contributed by atoms with Crippen LogP contribution in [-0.4, -0.2) is 12.2 Å². The zero-order valence-electron chi connectivity index (χ0n) is 10.4. The molecule has 1 N–H and O–H groups in total. The molecule has 0 saturated carbocycles. The van der Waals surface area contributed by atoms with E-state index in [0.29, 0.717) is 16.5 Å². The molecule has 0 fully saturated rings. The molecule has 2 aromatic rings. The molecule has 2 aromatic carbocycles. The van der Waals surface area contributed by atoms with Crippen LogP contribution in [0.5, 0.6) is 5.75 Å². The van der Waals surface area contributed by atoms with Crippen molar-refractivity contribution >= 4 is 23.2 Å². The van der Waals surface area contributed by atoms with E-state index in [-0.39, 0.29) is 0 Å². The average molecular weight is 297 g/mol. The van der Waals surface area contributed by atoms with Crippen LogP contribution in [0, 0.1) is 0 Å². The number of hydrogen-bond acceptors (Lipinski definition) is 2. The molecule has 0 aromatic heterocycles. The molecule has 2 nitrogen and oxygen atoms in total. The number of rotatable bonds is 4. The molecule has 0 spiro atoms. The summed E-state index contributed by atoms with van der Waals surface area (Å²) in [5.74, 6) is 0.761. The van der Waals surface area contributed by atoms with Gasteiger partial charge in [0.2, 0.25) is 0 Å². The van der Waals surface area contributed by atoms with Gasteiger partial charge in [-0.25, -0.2) is 0 Å². The largest absolute Gasteiger partial charge is 0.497 e. The molecule has 0 radical (unpaired) electrons. The highest BCUT2D eigenvalue weighted by atomic mass is 35.5. The molecule has 1 unspecified atom stereocenters. The Kier molecular flexibility index (Phi) is 4.70. The smallest absolute Gasteiger partial charge is 0.118 e. The highest BCUT2D eigenvalue weighted by Crippen LogP contribution is 2.29. The fourth-order valence-electron chi connectivity index (χ4n) is 1.86. The van der Waals surface area contributed by atoms with E-state index in [1.807, 2.05) is 36.4 Å². The maximum atomic E-state index is 10.2. The summed E-state index contributed by atoms with van der Waals surface area (Å²) in [6.07, 6.45) is -0.201.